The number of carboxylic acids is 1. The van der Waals surface area contributed by atoms with E-state index in [0.717, 1.165) is 16.5 Å². The van der Waals surface area contributed by atoms with Gasteiger partial charge >= 0.3 is 5.97 Å². The second kappa shape index (κ2) is 6.26. The number of hydrogen-bond donors (Lipinski definition) is 2. The minimum atomic E-state index is -0.921. The van der Waals surface area contributed by atoms with Crippen LogP contribution in [0.15, 0.2) is 36.5 Å². The molecule has 2 N–H and O–H groups in total. The summed E-state index contributed by atoms with van der Waals surface area (Å²) in [5, 5.41) is 13.0. The highest BCUT2D eigenvalue weighted by molar-refractivity contribution is 5.81. The van der Waals surface area contributed by atoms with E-state index in [4.69, 9.17) is 9.84 Å². The Morgan fingerprint density at radius 2 is 2.21 bits per heavy atom. The summed E-state index contributed by atoms with van der Waals surface area (Å²) in [5.41, 5.74) is 1.86. The Kier molecular flexibility index (Phi) is 4.43. The van der Waals surface area contributed by atoms with Crippen molar-refractivity contribution in [3.8, 4) is 0 Å². The first kappa shape index (κ1) is 13.5. The zero-order valence-electron chi connectivity index (χ0n) is 10.7. The van der Waals surface area contributed by atoms with Crippen LogP contribution in [0, 0.1) is 0 Å². The van der Waals surface area contributed by atoms with Crippen molar-refractivity contribution in [2.75, 3.05) is 13.7 Å². The summed E-state index contributed by atoms with van der Waals surface area (Å²) in [7, 11) is 1.48. The third-order valence-electron chi connectivity index (χ3n) is 2.89. The number of carbonyl (C=O) groups is 1. The van der Waals surface area contributed by atoms with Gasteiger partial charge in [0.15, 0.2) is 0 Å². The summed E-state index contributed by atoms with van der Waals surface area (Å²) in [5.74, 6) is -0.921. The fraction of sp³-hybridized carbons (Fsp3) is 0.286. The summed E-state index contributed by atoms with van der Waals surface area (Å²) < 4.78 is 4.88. The second-order valence-corrected chi connectivity index (χ2v) is 4.22. The fourth-order valence-corrected chi connectivity index (χ4v) is 1.93. The number of pyridine rings is 1. The maximum absolute atomic E-state index is 11.0. The monoisotopic (exact) mass is 260 g/mol. The van der Waals surface area contributed by atoms with E-state index in [0.29, 0.717) is 6.54 Å². The van der Waals surface area contributed by atoms with E-state index >= 15 is 0 Å². The van der Waals surface area contributed by atoms with E-state index < -0.39 is 12.0 Å². The number of aromatic nitrogens is 1. The van der Waals surface area contributed by atoms with Crippen molar-refractivity contribution < 1.29 is 14.6 Å². The lowest BCUT2D eigenvalue weighted by Gasteiger charge is -2.14. The molecule has 0 radical (unpaired) electrons. The SMILES string of the molecule is COCC(NCc1cccc2cccnc12)C(=O)O. The van der Waals surface area contributed by atoms with Gasteiger partial charge in [-0.25, -0.2) is 0 Å². The zero-order chi connectivity index (χ0) is 13.7. The van der Waals surface area contributed by atoms with Gasteiger partial charge in [0.25, 0.3) is 0 Å². The van der Waals surface area contributed by atoms with E-state index in [9.17, 15) is 4.79 Å². The molecule has 0 bridgehead atoms. The van der Waals surface area contributed by atoms with Crippen LogP contribution < -0.4 is 5.32 Å². The summed E-state index contributed by atoms with van der Waals surface area (Å²) in [6.07, 6.45) is 1.73. The number of para-hydroxylation sites is 1. The Hall–Kier alpha value is -1.98. The average Bonchev–Trinajstić information content (AvgIpc) is 2.43. The predicted molar refractivity (Wildman–Crippen MR) is 71.9 cm³/mol. The van der Waals surface area contributed by atoms with Gasteiger partial charge in [0.05, 0.1) is 12.1 Å². The molecule has 0 saturated carbocycles. The summed E-state index contributed by atoms with van der Waals surface area (Å²) >= 11 is 0. The molecule has 0 aliphatic carbocycles. The number of rotatable bonds is 6. The molecule has 0 spiro atoms. The molecular formula is C14H16N2O3. The molecule has 0 amide bonds. The minimum Gasteiger partial charge on any atom is -0.480 e. The van der Waals surface area contributed by atoms with Gasteiger partial charge in [-0.1, -0.05) is 24.3 Å². The summed E-state index contributed by atoms with van der Waals surface area (Å²) in [4.78, 5) is 15.3. The first-order chi connectivity index (χ1) is 9.22. The van der Waals surface area contributed by atoms with Gasteiger partial charge in [0, 0.05) is 25.2 Å². The Balaban J connectivity index is 2.15. The van der Waals surface area contributed by atoms with Crippen LogP contribution >= 0.6 is 0 Å². The van der Waals surface area contributed by atoms with Gasteiger partial charge in [0.2, 0.25) is 0 Å². The maximum Gasteiger partial charge on any atom is 0.323 e. The van der Waals surface area contributed by atoms with Crippen LogP contribution in [0.25, 0.3) is 10.9 Å². The van der Waals surface area contributed by atoms with Crippen molar-refractivity contribution in [2.24, 2.45) is 0 Å². The Morgan fingerprint density at radius 1 is 1.42 bits per heavy atom. The molecule has 1 heterocycles. The Morgan fingerprint density at radius 3 is 2.95 bits per heavy atom. The number of hydrogen-bond acceptors (Lipinski definition) is 4. The van der Waals surface area contributed by atoms with Gasteiger partial charge in [-0.3, -0.25) is 15.1 Å². The number of ether oxygens (including phenoxy) is 1. The second-order valence-electron chi connectivity index (χ2n) is 4.22. The standard InChI is InChI=1S/C14H16N2O3/c1-19-9-12(14(17)18)16-8-11-5-2-4-10-6-3-7-15-13(10)11/h2-7,12,16H,8-9H2,1H3,(H,17,18). The van der Waals surface area contributed by atoms with Crippen LogP contribution in [0.2, 0.25) is 0 Å². The highest BCUT2D eigenvalue weighted by atomic mass is 16.5. The van der Waals surface area contributed by atoms with Crippen LogP contribution in [0.5, 0.6) is 0 Å². The van der Waals surface area contributed by atoms with Crippen LogP contribution in [0.4, 0.5) is 0 Å². The highest BCUT2D eigenvalue weighted by Gasteiger charge is 2.16. The smallest absolute Gasteiger partial charge is 0.323 e. The molecule has 2 rings (SSSR count). The van der Waals surface area contributed by atoms with E-state index in [1.54, 1.807) is 6.20 Å². The van der Waals surface area contributed by atoms with Crippen molar-refractivity contribution in [3.63, 3.8) is 0 Å². The lowest BCUT2D eigenvalue weighted by molar-refractivity contribution is -0.140. The van der Waals surface area contributed by atoms with Crippen molar-refractivity contribution in [2.45, 2.75) is 12.6 Å². The average molecular weight is 260 g/mol. The van der Waals surface area contributed by atoms with Crippen LogP contribution in [-0.2, 0) is 16.1 Å². The molecule has 19 heavy (non-hydrogen) atoms. The molecular weight excluding hydrogens is 244 g/mol. The first-order valence-corrected chi connectivity index (χ1v) is 6.00. The highest BCUT2D eigenvalue weighted by Crippen LogP contribution is 2.15. The first-order valence-electron chi connectivity index (χ1n) is 6.00. The van der Waals surface area contributed by atoms with E-state index in [2.05, 4.69) is 10.3 Å². The Labute approximate surface area is 111 Å². The molecule has 0 saturated heterocycles. The summed E-state index contributed by atoms with van der Waals surface area (Å²) in [6.45, 7) is 0.572. The van der Waals surface area contributed by atoms with Gasteiger partial charge in [0.1, 0.15) is 6.04 Å². The fourth-order valence-electron chi connectivity index (χ4n) is 1.93. The molecule has 5 heteroatoms. The maximum atomic E-state index is 11.0. The van der Waals surface area contributed by atoms with Gasteiger partial charge in [-0.05, 0) is 11.6 Å². The lowest BCUT2D eigenvalue weighted by Crippen LogP contribution is -2.39. The number of fused-ring (bicyclic) bond motifs is 1. The molecule has 0 aliphatic heterocycles. The number of aliphatic carboxylic acids is 1. The van der Waals surface area contributed by atoms with Crippen molar-refractivity contribution in [1.29, 1.82) is 0 Å². The zero-order valence-corrected chi connectivity index (χ0v) is 10.7. The number of nitrogens with one attached hydrogen (secondary N) is 1. The van der Waals surface area contributed by atoms with E-state index in [-0.39, 0.29) is 6.61 Å². The molecule has 1 aromatic carbocycles. The molecule has 2 aromatic rings. The molecule has 1 unspecified atom stereocenters. The van der Waals surface area contributed by atoms with Crippen molar-refractivity contribution in [3.05, 3.63) is 42.1 Å². The third kappa shape index (κ3) is 3.27. The molecule has 0 fully saturated rings. The quantitative estimate of drug-likeness (QED) is 0.822. The van der Waals surface area contributed by atoms with Gasteiger partial charge in [-0.15, -0.1) is 0 Å². The van der Waals surface area contributed by atoms with Crippen LogP contribution in [0.1, 0.15) is 5.56 Å². The Bertz CT molecular complexity index is 566. The normalized spacial score (nSPS) is 12.5. The van der Waals surface area contributed by atoms with E-state index in [1.807, 2.05) is 30.3 Å². The minimum absolute atomic E-state index is 0.132. The largest absolute Gasteiger partial charge is 0.480 e. The van der Waals surface area contributed by atoms with Gasteiger partial charge in [-0.2, -0.15) is 0 Å². The van der Waals surface area contributed by atoms with Gasteiger partial charge < -0.3 is 9.84 Å². The summed E-state index contributed by atoms with van der Waals surface area (Å²) in [6, 6.07) is 9.00. The molecule has 5 nitrogen and oxygen atoms in total. The number of methoxy groups -OCH3 is 1. The number of benzene rings is 1. The number of carboxylic acid groups (broad SMARTS) is 1. The molecule has 1 aromatic heterocycles. The molecule has 1 atom stereocenters. The van der Waals surface area contributed by atoms with Crippen molar-refractivity contribution in [1.82, 2.24) is 10.3 Å². The van der Waals surface area contributed by atoms with Crippen molar-refractivity contribution >= 4 is 16.9 Å². The number of nitrogens with zero attached hydrogens (tertiary/aromatic N) is 1. The van der Waals surface area contributed by atoms with E-state index in [1.165, 1.54) is 7.11 Å². The lowest BCUT2D eigenvalue weighted by atomic mass is 10.1. The molecule has 0 aliphatic rings. The van der Waals surface area contributed by atoms with Crippen LogP contribution in [0.3, 0.4) is 0 Å². The predicted octanol–water partition coefficient (Wildman–Crippen LogP) is 1.42. The topological polar surface area (TPSA) is 71.5 Å². The molecule has 100 valence electrons. The third-order valence-corrected chi connectivity index (χ3v) is 2.89. The van der Waals surface area contributed by atoms with Crippen LogP contribution in [-0.4, -0.2) is 35.8 Å².